The minimum absolute atomic E-state index is 0.113. The Bertz CT molecular complexity index is 956. The fourth-order valence-corrected chi connectivity index (χ4v) is 4.80. The Labute approximate surface area is 167 Å². The number of esters is 1. The summed E-state index contributed by atoms with van der Waals surface area (Å²) >= 11 is 1.44. The van der Waals surface area contributed by atoms with Gasteiger partial charge in [-0.2, -0.15) is 0 Å². The lowest BCUT2D eigenvalue weighted by molar-refractivity contribution is -0.119. The van der Waals surface area contributed by atoms with E-state index in [1.54, 1.807) is 0 Å². The highest BCUT2D eigenvalue weighted by Crippen LogP contribution is 2.29. The number of ether oxygens (including phenoxy) is 1. The molecule has 0 radical (unpaired) electrons. The van der Waals surface area contributed by atoms with E-state index in [4.69, 9.17) is 9.88 Å². The molecule has 2 aromatic rings. The van der Waals surface area contributed by atoms with Crippen molar-refractivity contribution in [2.24, 2.45) is 5.14 Å². The fourth-order valence-electron chi connectivity index (χ4n) is 3.09. The number of hydrogen-bond donors (Lipinski definition) is 2. The lowest BCUT2D eigenvalue weighted by Crippen LogP contribution is -2.21. The van der Waals surface area contributed by atoms with Gasteiger partial charge in [0, 0.05) is 10.6 Å². The fraction of sp³-hybridized carbons (Fsp3) is 0.368. The van der Waals surface area contributed by atoms with Crippen LogP contribution in [0.4, 0.5) is 5.69 Å². The number of benzene rings is 1. The predicted octanol–water partition coefficient (Wildman–Crippen LogP) is 2.85. The summed E-state index contributed by atoms with van der Waals surface area (Å²) < 4.78 is 27.8. The highest BCUT2D eigenvalue weighted by atomic mass is 32.2. The zero-order valence-corrected chi connectivity index (χ0v) is 16.9. The first-order valence-corrected chi connectivity index (χ1v) is 11.4. The Balaban J connectivity index is 1.57. The van der Waals surface area contributed by atoms with Crippen molar-refractivity contribution in [2.75, 3.05) is 11.9 Å². The number of carbonyl (C=O) groups is 2. The molecule has 0 aliphatic heterocycles. The standard InChI is InChI=1S/C19H22N2O5S2/c20-28(24,25)15-8-5-7-14(11-15)21-18(22)12-26-19(23)17-10-13-6-3-1-2-4-9-16(13)27-17/h5,7-8,10-11H,1-4,6,9,12H2,(H,21,22)(H2,20,24,25). The Morgan fingerprint density at radius 2 is 1.86 bits per heavy atom. The quantitative estimate of drug-likeness (QED) is 0.719. The minimum atomic E-state index is -3.87. The van der Waals surface area contributed by atoms with Gasteiger partial charge in [0.2, 0.25) is 10.0 Å². The summed E-state index contributed by atoms with van der Waals surface area (Å²) in [6, 6.07) is 7.43. The lowest BCUT2D eigenvalue weighted by atomic mass is 10.00. The third-order valence-corrected chi connectivity index (χ3v) is 6.61. The maximum atomic E-state index is 12.3. The molecule has 1 aromatic heterocycles. The summed E-state index contributed by atoms with van der Waals surface area (Å²) in [6.45, 7) is -0.457. The summed E-state index contributed by atoms with van der Waals surface area (Å²) in [5, 5.41) is 7.57. The first-order valence-electron chi connectivity index (χ1n) is 9.04. The van der Waals surface area contributed by atoms with Gasteiger partial charge in [0.25, 0.3) is 5.91 Å². The molecule has 7 nitrogen and oxygen atoms in total. The first kappa shape index (κ1) is 20.5. The second-order valence-electron chi connectivity index (χ2n) is 6.67. The van der Waals surface area contributed by atoms with Crippen molar-refractivity contribution < 1.29 is 22.7 Å². The molecule has 0 unspecified atom stereocenters. The number of nitrogens with two attached hydrogens (primary N) is 1. The van der Waals surface area contributed by atoms with Crippen LogP contribution in [-0.2, 0) is 32.4 Å². The van der Waals surface area contributed by atoms with Crippen LogP contribution in [-0.4, -0.2) is 26.9 Å². The summed E-state index contributed by atoms with van der Waals surface area (Å²) in [7, 11) is -3.87. The van der Waals surface area contributed by atoms with Gasteiger partial charge in [-0.05, 0) is 55.5 Å². The van der Waals surface area contributed by atoms with E-state index in [0.29, 0.717) is 4.88 Å². The summed E-state index contributed by atoms with van der Waals surface area (Å²) in [6.07, 6.45) is 6.63. The van der Waals surface area contributed by atoms with Crippen molar-refractivity contribution >= 4 is 38.9 Å². The van der Waals surface area contributed by atoms with E-state index in [1.165, 1.54) is 58.9 Å². The van der Waals surface area contributed by atoms with Crippen LogP contribution in [0.2, 0.25) is 0 Å². The molecule has 1 aliphatic rings. The highest BCUT2D eigenvalue weighted by molar-refractivity contribution is 7.89. The van der Waals surface area contributed by atoms with Crippen LogP contribution in [0.15, 0.2) is 35.2 Å². The molecular formula is C19H22N2O5S2. The maximum Gasteiger partial charge on any atom is 0.348 e. The van der Waals surface area contributed by atoms with Crippen LogP contribution in [0.3, 0.4) is 0 Å². The van der Waals surface area contributed by atoms with Crippen molar-refractivity contribution in [2.45, 2.75) is 43.4 Å². The van der Waals surface area contributed by atoms with E-state index in [-0.39, 0.29) is 10.6 Å². The van der Waals surface area contributed by atoms with Crippen molar-refractivity contribution in [1.82, 2.24) is 0 Å². The number of nitrogens with one attached hydrogen (secondary N) is 1. The number of amides is 1. The first-order chi connectivity index (χ1) is 13.3. The van der Waals surface area contributed by atoms with Crippen LogP contribution in [0, 0.1) is 0 Å². The second-order valence-corrected chi connectivity index (χ2v) is 9.37. The molecule has 0 spiro atoms. The van der Waals surface area contributed by atoms with E-state index in [9.17, 15) is 18.0 Å². The molecule has 1 aliphatic carbocycles. The number of fused-ring (bicyclic) bond motifs is 1. The van der Waals surface area contributed by atoms with E-state index in [2.05, 4.69) is 5.32 Å². The molecule has 3 rings (SSSR count). The van der Waals surface area contributed by atoms with Crippen LogP contribution in [0.1, 0.15) is 45.8 Å². The average Bonchev–Trinajstić information content (AvgIpc) is 3.01. The Morgan fingerprint density at radius 1 is 1.11 bits per heavy atom. The minimum Gasteiger partial charge on any atom is -0.451 e. The molecule has 150 valence electrons. The third-order valence-electron chi connectivity index (χ3n) is 4.48. The zero-order valence-electron chi connectivity index (χ0n) is 15.3. The van der Waals surface area contributed by atoms with Gasteiger partial charge in [-0.1, -0.05) is 18.9 Å². The van der Waals surface area contributed by atoms with Gasteiger partial charge in [-0.25, -0.2) is 18.4 Å². The molecule has 0 saturated carbocycles. The smallest absolute Gasteiger partial charge is 0.348 e. The topological polar surface area (TPSA) is 116 Å². The number of thiophene rings is 1. The molecule has 0 fully saturated rings. The van der Waals surface area contributed by atoms with Crippen molar-refractivity contribution in [3.63, 3.8) is 0 Å². The Morgan fingerprint density at radius 3 is 2.61 bits per heavy atom. The monoisotopic (exact) mass is 422 g/mol. The van der Waals surface area contributed by atoms with Gasteiger partial charge in [0.15, 0.2) is 6.61 Å². The van der Waals surface area contributed by atoms with Crippen molar-refractivity contribution in [3.05, 3.63) is 45.6 Å². The van der Waals surface area contributed by atoms with Gasteiger partial charge in [0.1, 0.15) is 4.88 Å². The summed E-state index contributed by atoms with van der Waals surface area (Å²) in [4.78, 5) is 25.9. The summed E-state index contributed by atoms with van der Waals surface area (Å²) in [5.41, 5.74) is 1.47. The molecule has 0 atom stereocenters. The van der Waals surface area contributed by atoms with Gasteiger partial charge in [-0.3, -0.25) is 4.79 Å². The molecule has 1 aromatic carbocycles. The number of carbonyl (C=O) groups excluding carboxylic acids is 2. The normalized spacial score (nSPS) is 14.5. The number of hydrogen-bond acceptors (Lipinski definition) is 6. The zero-order chi connectivity index (χ0) is 20.1. The van der Waals surface area contributed by atoms with E-state index in [0.717, 1.165) is 25.7 Å². The second kappa shape index (κ2) is 8.85. The lowest BCUT2D eigenvalue weighted by Gasteiger charge is -2.07. The number of sulfonamides is 1. The van der Waals surface area contributed by atoms with E-state index >= 15 is 0 Å². The predicted molar refractivity (Wildman–Crippen MR) is 107 cm³/mol. The average molecular weight is 423 g/mol. The molecular weight excluding hydrogens is 400 g/mol. The summed E-state index contributed by atoms with van der Waals surface area (Å²) in [5.74, 6) is -1.08. The van der Waals surface area contributed by atoms with Crippen molar-refractivity contribution in [3.8, 4) is 0 Å². The number of rotatable bonds is 5. The maximum absolute atomic E-state index is 12.3. The SMILES string of the molecule is NS(=O)(=O)c1cccc(NC(=O)COC(=O)c2cc3c(s2)CCCCCC3)c1. The molecule has 9 heteroatoms. The Kier molecular flexibility index (Phi) is 6.48. The molecule has 28 heavy (non-hydrogen) atoms. The third kappa shape index (κ3) is 5.40. The van der Waals surface area contributed by atoms with Gasteiger partial charge in [-0.15, -0.1) is 11.3 Å². The van der Waals surface area contributed by atoms with Gasteiger partial charge < -0.3 is 10.1 Å². The highest BCUT2D eigenvalue weighted by Gasteiger charge is 2.18. The van der Waals surface area contributed by atoms with Crippen LogP contribution in [0.25, 0.3) is 0 Å². The molecule has 1 heterocycles. The largest absolute Gasteiger partial charge is 0.451 e. The van der Waals surface area contributed by atoms with Crippen molar-refractivity contribution in [1.29, 1.82) is 0 Å². The molecule has 0 saturated heterocycles. The van der Waals surface area contributed by atoms with Crippen LogP contribution >= 0.6 is 11.3 Å². The van der Waals surface area contributed by atoms with Gasteiger partial charge in [0.05, 0.1) is 4.90 Å². The number of primary sulfonamides is 1. The van der Waals surface area contributed by atoms with Crippen LogP contribution < -0.4 is 10.5 Å². The molecule has 3 N–H and O–H groups in total. The van der Waals surface area contributed by atoms with E-state index < -0.39 is 28.5 Å². The van der Waals surface area contributed by atoms with E-state index in [1.807, 2.05) is 6.07 Å². The molecule has 0 bridgehead atoms. The number of aryl methyl sites for hydroxylation is 2. The van der Waals surface area contributed by atoms with Crippen LogP contribution in [0.5, 0.6) is 0 Å². The Hall–Kier alpha value is -2.23. The van der Waals surface area contributed by atoms with Gasteiger partial charge >= 0.3 is 5.97 Å². The number of anilines is 1. The molecule has 1 amide bonds.